The van der Waals surface area contributed by atoms with Gasteiger partial charge in [-0.1, -0.05) is 24.3 Å². The standard InChI is InChI=1S/C20H23N3O3/c24-19(18-17-4-2-1-3-15(17)5-6-21-18)23-13-20(14-23)11-16(12-26-20)22-7-9-25-10-8-22/h1-6,16H,7-14H2. The van der Waals surface area contributed by atoms with Gasteiger partial charge in [-0.15, -0.1) is 0 Å². The van der Waals surface area contributed by atoms with E-state index in [1.807, 2.05) is 35.2 Å². The van der Waals surface area contributed by atoms with Gasteiger partial charge in [0.1, 0.15) is 11.3 Å². The third kappa shape index (κ3) is 2.69. The Labute approximate surface area is 152 Å². The van der Waals surface area contributed by atoms with Crippen LogP contribution >= 0.6 is 0 Å². The second kappa shape index (κ2) is 6.30. The van der Waals surface area contributed by atoms with E-state index in [-0.39, 0.29) is 11.5 Å². The van der Waals surface area contributed by atoms with Gasteiger partial charge in [0, 0.05) is 30.7 Å². The molecule has 1 aromatic carbocycles. The van der Waals surface area contributed by atoms with Gasteiger partial charge < -0.3 is 14.4 Å². The van der Waals surface area contributed by atoms with Gasteiger partial charge >= 0.3 is 0 Å². The van der Waals surface area contributed by atoms with E-state index in [0.29, 0.717) is 24.8 Å². The van der Waals surface area contributed by atoms with E-state index < -0.39 is 0 Å². The maximum Gasteiger partial charge on any atom is 0.273 e. The number of morpholine rings is 1. The molecule has 3 fully saturated rings. The van der Waals surface area contributed by atoms with Crippen molar-refractivity contribution in [3.8, 4) is 0 Å². The van der Waals surface area contributed by atoms with E-state index in [0.717, 1.165) is 50.1 Å². The molecule has 6 nitrogen and oxygen atoms in total. The number of carbonyl (C=O) groups is 1. The molecule has 0 aliphatic carbocycles. The predicted molar refractivity (Wildman–Crippen MR) is 97.1 cm³/mol. The first kappa shape index (κ1) is 16.2. The molecule has 1 atom stereocenters. The Morgan fingerprint density at radius 3 is 2.81 bits per heavy atom. The molecular weight excluding hydrogens is 330 g/mol. The number of hydrogen-bond acceptors (Lipinski definition) is 5. The van der Waals surface area contributed by atoms with E-state index in [9.17, 15) is 4.79 Å². The van der Waals surface area contributed by atoms with Crippen LogP contribution in [-0.4, -0.2) is 78.3 Å². The van der Waals surface area contributed by atoms with E-state index >= 15 is 0 Å². The summed E-state index contributed by atoms with van der Waals surface area (Å²) < 4.78 is 11.6. The Hall–Kier alpha value is -2.02. The zero-order valence-corrected chi connectivity index (χ0v) is 14.8. The largest absolute Gasteiger partial charge is 0.379 e. The van der Waals surface area contributed by atoms with Crippen molar-refractivity contribution >= 4 is 16.7 Å². The molecule has 0 saturated carbocycles. The molecule has 5 rings (SSSR count). The first-order valence-corrected chi connectivity index (χ1v) is 9.33. The number of nitrogens with zero attached hydrogens (tertiary/aromatic N) is 3. The molecule has 1 amide bonds. The quantitative estimate of drug-likeness (QED) is 0.820. The Morgan fingerprint density at radius 1 is 1.15 bits per heavy atom. The highest BCUT2D eigenvalue weighted by atomic mass is 16.5. The number of fused-ring (bicyclic) bond motifs is 1. The van der Waals surface area contributed by atoms with Crippen molar-refractivity contribution in [1.29, 1.82) is 0 Å². The van der Waals surface area contributed by atoms with Gasteiger partial charge in [-0.2, -0.15) is 0 Å². The van der Waals surface area contributed by atoms with Gasteiger partial charge in [-0.3, -0.25) is 14.7 Å². The van der Waals surface area contributed by atoms with Gasteiger partial charge in [0.05, 0.1) is 32.9 Å². The minimum absolute atomic E-state index is 0.00541. The molecule has 1 spiro atoms. The highest BCUT2D eigenvalue weighted by Crippen LogP contribution is 2.38. The van der Waals surface area contributed by atoms with E-state index in [1.54, 1.807) is 6.20 Å². The summed E-state index contributed by atoms with van der Waals surface area (Å²) in [5.41, 5.74) is 0.379. The lowest BCUT2D eigenvalue weighted by Crippen LogP contribution is -2.63. The Balaban J connectivity index is 1.27. The lowest BCUT2D eigenvalue weighted by Gasteiger charge is -2.47. The molecule has 26 heavy (non-hydrogen) atoms. The van der Waals surface area contributed by atoms with Crippen molar-refractivity contribution in [2.24, 2.45) is 0 Å². The topological polar surface area (TPSA) is 54.9 Å². The van der Waals surface area contributed by atoms with Gasteiger partial charge in [-0.25, -0.2) is 0 Å². The SMILES string of the molecule is O=C(c1nccc2ccccc12)N1CC2(CC(N3CCOCC3)CO2)C1. The fraction of sp³-hybridized carbons (Fsp3) is 0.500. The summed E-state index contributed by atoms with van der Waals surface area (Å²) in [7, 11) is 0. The summed E-state index contributed by atoms with van der Waals surface area (Å²) >= 11 is 0. The van der Waals surface area contributed by atoms with Crippen LogP contribution in [0.2, 0.25) is 0 Å². The van der Waals surface area contributed by atoms with Gasteiger partial charge in [-0.05, 0) is 17.9 Å². The van der Waals surface area contributed by atoms with Crippen LogP contribution in [0, 0.1) is 0 Å². The van der Waals surface area contributed by atoms with Crippen molar-refractivity contribution in [3.63, 3.8) is 0 Å². The summed E-state index contributed by atoms with van der Waals surface area (Å²) in [6, 6.07) is 10.3. The van der Waals surface area contributed by atoms with Gasteiger partial charge in [0.25, 0.3) is 5.91 Å². The van der Waals surface area contributed by atoms with Gasteiger partial charge in [0.15, 0.2) is 0 Å². The number of benzene rings is 1. The molecule has 136 valence electrons. The number of hydrogen-bond donors (Lipinski definition) is 0. The molecule has 0 N–H and O–H groups in total. The van der Waals surface area contributed by atoms with Crippen LogP contribution in [0.5, 0.6) is 0 Å². The summed E-state index contributed by atoms with van der Waals surface area (Å²) in [6.07, 6.45) is 2.71. The third-order valence-electron chi connectivity index (χ3n) is 5.87. The smallest absolute Gasteiger partial charge is 0.273 e. The second-order valence-corrected chi connectivity index (χ2v) is 7.54. The van der Waals surface area contributed by atoms with Crippen molar-refractivity contribution in [3.05, 3.63) is 42.2 Å². The molecule has 1 aromatic heterocycles. The number of amides is 1. The first-order chi connectivity index (χ1) is 12.7. The fourth-order valence-corrected chi connectivity index (χ4v) is 4.45. The molecular formula is C20H23N3O3. The van der Waals surface area contributed by atoms with Crippen LogP contribution in [0.25, 0.3) is 10.8 Å². The van der Waals surface area contributed by atoms with Crippen molar-refractivity contribution < 1.29 is 14.3 Å². The maximum atomic E-state index is 12.9. The van der Waals surface area contributed by atoms with Crippen LogP contribution in [0.15, 0.2) is 36.5 Å². The van der Waals surface area contributed by atoms with Crippen molar-refractivity contribution in [2.45, 2.75) is 18.1 Å². The van der Waals surface area contributed by atoms with Crippen LogP contribution < -0.4 is 0 Å². The van der Waals surface area contributed by atoms with Crippen LogP contribution in [0.3, 0.4) is 0 Å². The Kier molecular flexibility index (Phi) is 3.92. The molecule has 0 bridgehead atoms. The number of pyridine rings is 1. The number of aromatic nitrogens is 1. The van der Waals surface area contributed by atoms with Gasteiger partial charge in [0.2, 0.25) is 0 Å². The minimum atomic E-state index is -0.163. The lowest BCUT2D eigenvalue weighted by atomic mass is 9.88. The number of ether oxygens (including phenoxy) is 2. The first-order valence-electron chi connectivity index (χ1n) is 9.33. The fourth-order valence-electron chi connectivity index (χ4n) is 4.45. The molecule has 3 aliphatic heterocycles. The Morgan fingerprint density at radius 2 is 1.96 bits per heavy atom. The third-order valence-corrected chi connectivity index (χ3v) is 5.87. The zero-order valence-electron chi connectivity index (χ0n) is 14.8. The van der Waals surface area contributed by atoms with E-state index in [1.165, 1.54) is 0 Å². The summed E-state index contributed by atoms with van der Waals surface area (Å²) in [5.74, 6) is 0.00541. The van der Waals surface area contributed by atoms with Crippen LogP contribution in [0.1, 0.15) is 16.9 Å². The maximum absolute atomic E-state index is 12.9. The average Bonchev–Trinajstić information content (AvgIpc) is 3.12. The Bertz CT molecular complexity index is 823. The summed E-state index contributed by atoms with van der Waals surface area (Å²) in [6.45, 7) is 5.66. The zero-order chi connectivity index (χ0) is 17.6. The summed E-state index contributed by atoms with van der Waals surface area (Å²) in [5, 5.41) is 1.96. The molecule has 4 heterocycles. The average molecular weight is 353 g/mol. The molecule has 0 radical (unpaired) electrons. The monoisotopic (exact) mass is 353 g/mol. The predicted octanol–water partition coefficient (Wildman–Crippen LogP) is 1.55. The van der Waals surface area contributed by atoms with Crippen LogP contribution in [-0.2, 0) is 9.47 Å². The molecule has 2 aromatic rings. The summed E-state index contributed by atoms with van der Waals surface area (Å²) in [4.78, 5) is 21.6. The highest BCUT2D eigenvalue weighted by Gasteiger charge is 2.52. The lowest BCUT2D eigenvalue weighted by molar-refractivity contribution is -0.0952. The number of likely N-dealkylation sites (tertiary alicyclic amines) is 1. The van der Waals surface area contributed by atoms with E-state index in [2.05, 4.69) is 9.88 Å². The molecule has 3 aliphatic rings. The normalized spacial score (nSPS) is 25.5. The molecule has 3 saturated heterocycles. The molecule has 1 unspecified atom stereocenters. The number of carbonyl (C=O) groups excluding carboxylic acids is 1. The molecule has 6 heteroatoms. The second-order valence-electron chi connectivity index (χ2n) is 7.54. The van der Waals surface area contributed by atoms with Crippen LogP contribution in [0.4, 0.5) is 0 Å². The highest BCUT2D eigenvalue weighted by molar-refractivity contribution is 6.05. The van der Waals surface area contributed by atoms with Crippen molar-refractivity contribution in [2.75, 3.05) is 46.0 Å². The number of rotatable bonds is 2. The van der Waals surface area contributed by atoms with E-state index in [4.69, 9.17) is 9.47 Å². The van der Waals surface area contributed by atoms with Crippen molar-refractivity contribution in [1.82, 2.24) is 14.8 Å². The minimum Gasteiger partial charge on any atom is -0.379 e.